The summed E-state index contributed by atoms with van der Waals surface area (Å²) in [5.41, 5.74) is 1.26. The van der Waals surface area contributed by atoms with E-state index in [2.05, 4.69) is 30.6 Å². The number of azo groups is 2. The van der Waals surface area contributed by atoms with E-state index in [0.29, 0.717) is 129 Å². The van der Waals surface area contributed by atoms with E-state index in [1.807, 2.05) is 48.5 Å². The second-order valence-electron chi connectivity index (χ2n) is 22.2. The zero-order chi connectivity index (χ0) is 71.6. The number of thiazole rings is 2. The molecule has 3 aromatic heterocycles. The number of hydrogen-bond donors (Lipinski definition) is 5. The van der Waals surface area contributed by atoms with Crippen molar-refractivity contribution in [2.24, 2.45) is 20.5 Å². The fourth-order valence-corrected chi connectivity index (χ4v) is 14.0. The number of nitriles is 1. The van der Waals surface area contributed by atoms with Crippen molar-refractivity contribution >= 4 is 142 Å². The number of nitrogens with one attached hydrogen (secondary N) is 2. The van der Waals surface area contributed by atoms with Gasteiger partial charge in [-0.1, -0.05) is 47.4 Å². The van der Waals surface area contributed by atoms with Crippen molar-refractivity contribution < 1.29 is 61.3 Å². The summed E-state index contributed by atoms with van der Waals surface area (Å²) < 4.78 is 58.0. The molecule has 4 aliphatic heterocycles. The number of aliphatic hydroxyl groups excluding tert-OH is 2. The van der Waals surface area contributed by atoms with Crippen molar-refractivity contribution in [3.8, 4) is 17.6 Å². The van der Waals surface area contributed by atoms with Crippen LogP contribution < -0.4 is 44.6 Å². The van der Waals surface area contributed by atoms with Crippen LogP contribution in [0, 0.1) is 17.9 Å². The molecule has 0 saturated carbocycles. The number of aromatic nitrogens is 5. The van der Waals surface area contributed by atoms with Crippen molar-refractivity contribution in [1.29, 1.82) is 5.26 Å². The predicted molar refractivity (Wildman–Crippen MR) is 376 cm³/mol. The number of hydrogen-bond acceptors (Lipinski definition) is 31. The quantitative estimate of drug-likeness (QED) is 0.0100. The van der Waals surface area contributed by atoms with Crippen molar-refractivity contribution in [3.63, 3.8) is 0 Å². The van der Waals surface area contributed by atoms with Crippen LogP contribution in [0.25, 0.3) is 17.0 Å². The molecule has 101 heavy (non-hydrogen) atoms. The normalized spacial score (nSPS) is 15.0. The number of amides is 4. The van der Waals surface area contributed by atoms with Gasteiger partial charge in [0.25, 0.3) is 21.9 Å². The number of anilines is 9. The average Bonchev–Trinajstić information content (AvgIpc) is 1.61. The largest absolute Gasteiger partial charge is 0.494 e. The molecule has 0 radical (unpaired) electrons. The number of ether oxygens (including phenoxy) is 4. The minimum Gasteiger partial charge on any atom is -0.494 e. The first-order valence-electron chi connectivity index (χ1n) is 31.8. The van der Waals surface area contributed by atoms with Gasteiger partial charge < -0.3 is 69.1 Å². The molecular formula is C65H68N20O13S3. The number of fused-ring (bicyclic) bond motifs is 2. The molecule has 0 bridgehead atoms. The monoisotopic (exact) mass is 1430 g/mol. The molecule has 0 aliphatic carbocycles. The van der Waals surface area contributed by atoms with Crippen LogP contribution >= 0.6 is 22.7 Å². The Morgan fingerprint density at radius 3 is 1.55 bits per heavy atom. The van der Waals surface area contributed by atoms with E-state index < -0.39 is 49.9 Å². The highest BCUT2D eigenvalue weighted by atomic mass is 32.2. The number of carbonyl (C=O) groups excluding carboxylic acids is 4. The number of methoxy groups -OCH3 is 2. The SMILES string of the molecule is [C-]#[N+]/C(=C\c1sc(N=Nc2cc(OC)c(N(CC)CC)cc2Nc2nc(Nc3cc(N(CC)CC)c(OC)cc3N=Nc3nc(N4CCOCC4)c(/C=C(\C#N)N4C(=O)c5cccc(S(=O)(=O)O)c5C4=O)s3)nc(N(CCO)CCO)n2)nc1N1CCOCC1)N1C(=O)c2ccccc2C1=O. The summed E-state index contributed by atoms with van der Waals surface area (Å²) in [4.78, 5) is 93.7. The molecule has 0 unspecified atom stereocenters. The lowest BCUT2D eigenvalue weighted by atomic mass is 10.1. The van der Waals surface area contributed by atoms with Crippen molar-refractivity contribution in [2.75, 3.05) is 154 Å². The molecule has 0 atom stereocenters. The van der Waals surface area contributed by atoms with E-state index in [0.717, 1.165) is 33.6 Å². The predicted octanol–water partition coefficient (Wildman–Crippen LogP) is 9.20. The summed E-state index contributed by atoms with van der Waals surface area (Å²) in [6.45, 7) is 20.6. The number of rotatable bonds is 28. The Balaban J connectivity index is 0.994. The van der Waals surface area contributed by atoms with Crippen LogP contribution in [-0.2, 0) is 19.6 Å². The first kappa shape index (κ1) is 71.3. The first-order chi connectivity index (χ1) is 48.9. The molecule has 7 heterocycles. The van der Waals surface area contributed by atoms with E-state index in [4.69, 9.17) is 60.7 Å². The van der Waals surface area contributed by atoms with Crippen molar-refractivity contribution in [3.05, 3.63) is 122 Å². The third kappa shape index (κ3) is 15.0. The maximum atomic E-state index is 13.9. The van der Waals surface area contributed by atoms with Gasteiger partial charge in [0.05, 0.1) is 109 Å². The number of benzene rings is 4. The van der Waals surface area contributed by atoms with Crippen molar-refractivity contribution in [2.45, 2.75) is 32.6 Å². The minimum atomic E-state index is -4.97. The Morgan fingerprint density at radius 1 is 0.653 bits per heavy atom. The molecule has 0 spiro atoms. The van der Waals surface area contributed by atoms with E-state index in [1.165, 1.54) is 50.6 Å². The van der Waals surface area contributed by atoms with Gasteiger partial charge in [-0.05, 0) is 76.2 Å². The molecule has 4 aliphatic rings. The standard InChI is InChI=1S/C65H68N20O13S3/c1-8-79(9-2)46-32-42(44(34-48(46)95-6)75-77-64-70-55(81-21-27-97-28-22-81)50(99-64)31-38(37-66)84-59(90)41-17-14-18-52(101(92,93)94)54(41)60(84)91)68-61-72-62(74-63(73-61)83(19-25-86)20-26-87)69-43-33-47(80(10-3)11-4)49(96-7)35-45(43)76-78-65-71-56(82-23-29-98-30-24-82)51(100-65)36-53(67-5)85-57(88)39-15-12-13-16-40(39)58(85)89/h12-18,31-36,86-87H,8-11,19-30H2,1-4,6-7H3,(H,92,93,94)(H2,68,69,72,73,74)/b38-31+,53-36+,77-75?,78-76?. The number of morpholine rings is 2. The van der Waals surface area contributed by atoms with Gasteiger partial charge >= 0.3 is 11.8 Å². The Kier molecular flexibility index (Phi) is 22.2. The fourth-order valence-electron chi connectivity index (χ4n) is 11.6. The maximum Gasteiger partial charge on any atom is 0.334 e. The zero-order valence-electron chi connectivity index (χ0n) is 55.5. The third-order valence-corrected chi connectivity index (χ3v) is 19.1. The summed E-state index contributed by atoms with van der Waals surface area (Å²) in [5.74, 6) is -2.15. The summed E-state index contributed by atoms with van der Waals surface area (Å²) >= 11 is 2.04. The molecule has 36 heteroatoms. The third-order valence-electron chi connectivity index (χ3n) is 16.5. The number of aliphatic hydroxyl groups is 2. The molecule has 4 amide bonds. The van der Waals surface area contributed by atoms with Crippen LogP contribution in [0.15, 0.2) is 104 Å². The lowest BCUT2D eigenvalue weighted by molar-refractivity contribution is 0.0694. The van der Waals surface area contributed by atoms with Crippen LogP contribution in [0.5, 0.6) is 11.5 Å². The lowest BCUT2D eigenvalue weighted by Crippen LogP contribution is -2.36. The van der Waals surface area contributed by atoms with Gasteiger partial charge in [0.15, 0.2) is 0 Å². The van der Waals surface area contributed by atoms with Crippen LogP contribution in [0.2, 0.25) is 0 Å². The Labute approximate surface area is 587 Å². The Hall–Kier alpha value is -11.0. The average molecular weight is 1430 g/mol. The van der Waals surface area contributed by atoms with Crippen LogP contribution in [0.4, 0.5) is 73.9 Å². The zero-order valence-corrected chi connectivity index (χ0v) is 58.0. The molecule has 2 saturated heterocycles. The van der Waals surface area contributed by atoms with Gasteiger partial charge in [0.2, 0.25) is 33.9 Å². The highest BCUT2D eigenvalue weighted by molar-refractivity contribution is 7.86. The summed E-state index contributed by atoms with van der Waals surface area (Å²) in [6.07, 6.45) is 2.72. The van der Waals surface area contributed by atoms with Crippen LogP contribution in [-0.4, -0.2) is 201 Å². The summed E-state index contributed by atoms with van der Waals surface area (Å²) in [7, 11) is -1.94. The summed E-state index contributed by atoms with van der Waals surface area (Å²) in [5, 5.41) is 56.9. The second-order valence-corrected chi connectivity index (χ2v) is 25.6. The van der Waals surface area contributed by atoms with Gasteiger partial charge in [0.1, 0.15) is 51.2 Å². The molecule has 11 rings (SSSR count). The molecule has 33 nitrogen and oxygen atoms in total. The Morgan fingerprint density at radius 2 is 1.12 bits per heavy atom. The number of nitrogens with zero attached hydrogens (tertiary/aromatic N) is 18. The van der Waals surface area contributed by atoms with E-state index >= 15 is 0 Å². The van der Waals surface area contributed by atoms with E-state index in [-0.39, 0.29) is 98.9 Å². The van der Waals surface area contributed by atoms with Gasteiger partial charge in [-0.2, -0.15) is 43.5 Å². The van der Waals surface area contributed by atoms with Gasteiger partial charge in [-0.25, -0.2) is 14.5 Å². The first-order valence-corrected chi connectivity index (χ1v) is 34.9. The summed E-state index contributed by atoms with van der Waals surface area (Å²) in [6, 6.07) is 18.6. The molecule has 5 N–H and O–H groups in total. The van der Waals surface area contributed by atoms with Crippen LogP contribution in [0.1, 0.15) is 78.9 Å². The smallest absolute Gasteiger partial charge is 0.334 e. The fraction of sp³-hybridized carbons (Fsp3) is 0.338. The topological polar surface area (TPSA) is 389 Å². The molecule has 2 fully saturated rings. The van der Waals surface area contributed by atoms with Gasteiger partial charge in [-0.3, -0.25) is 14.1 Å². The molecule has 4 aromatic carbocycles. The van der Waals surface area contributed by atoms with E-state index in [9.17, 15) is 47.6 Å². The molecule has 7 aromatic rings. The van der Waals surface area contributed by atoms with Crippen LogP contribution in [0.3, 0.4) is 0 Å². The molecular weight excluding hydrogens is 1370 g/mol. The minimum absolute atomic E-state index is 0.0145. The number of imide groups is 2. The van der Waals surface area contributed by atoms with Gasteiger partial charge in [-0.15, -0.1) is 20.5 Å². The van der Waals surface area contributed by atoms with Gasteiger partial charge in [0, 0.05) is 77.6 Å². The van der Waals surface area contributed by atoms with E-state index in [1.54, 1.807) is 41.3 Å². The lowest BCUT2D eigenvalue weighted by Gasteiger charge is -2.27. The second kappa shape index (κ2) is 31.5. The highest BCUT2D eigenvalue weighted by Gasteiger charge is 2.44. The Bertz CT molecular complexity index is 4640. The molecule has 524 valence electrons. The highest BCUT2D eigenvalue weighted by Crippen LogP contribution is 2.45. The number of carbonyl (C=O) groups is 4. The van der Waals surface area contributed by atoms with Crippen molar-refractivity contribution in [1.82, 2.24) is 34.7 Å². The number of allylic oxidation sites excluding steroid dienone is 1. The maximum absolute atomic E-state index is 13.9.